The molecule has 5 aromatic rings. The molecule has 5 aromatic carbocycles. The molecule has 0 aromatic heterocycles. The summed E-state index contributed by atoms with van der Waals surface area (Å²) in [6.45, 7) is 0. The predicted octanol–water partition coefficient (Wildman–Crippen LogP) is 8.59. The normalized spacial score (nSPS) is 24.0. The van der Waals surface area contributed by atoms with E-state index in [1.165, 1.54) is 16.9 Å². The lowest BCUT2D eigenvalue weighted by atomic mass is 9.57. The third kappa shape index (κ3) is 5.88. The van der Waals surface area contributed by atoms with Crippen molar-refractivity contribution in [3.05, 3.63) is 144 Å². The molecule has 3 fully saturated rings. The second-order valence-corrected chi connectivity index (χ2v) is 15.1. The molecule has 10 nitrogen and oxygen atoms in total. The van der Waals surface area contributed by atoms with E-state index in [1.54, 1.807) is 36.4 Å². The number of para-hydroxylation sites is 2. The summed E-state index contributed by atoms with van der Waals surface area (Å²) in [5, 5.41) is 17.3. The van der Waals surface area contributed by atoms with Crippen molar-refractivity contribution in [3.8, 4) is 11.5 Å². The molecule has 9 rings (SSSR count). The number of rotatable bonds is 8. The molecule has 2 saturated heterocycles. The second kappa shape index (κ2) is 14.0. The second-order valence-electron chi connectivity index (χ2n) is 14.7. The molecule has 6 unspecified atom stereocenters. The van der Waals surface area contributed by atoms with Gasteiger partial charge in [0, 0.05) is 28.7 Å². The topological polar surface area (TPSA) is 128 Å². The van der Waals surface area contributed by atoms with E-state index < -0.39 is 35.5 Å². The number of imide groups is 2. The Morgan fingerprint density at radius 3 is 1.66 bits per heavy atom. The van der Waals surface area contributed by atoms with E-state index in [1.807, 2.05) is 91.0 Å². The predicted molar refractivity (Wildman–Crippen MR) is 214 cm³/mol. The van der Waals surface area contributed by atoms with Crippen molar-refractivity contribution in [2.24, 2.45) is 29.6 Å². The van der Waals surface area contributed by atoms with Gasteiger partial charge in [-0.05, 0) is 109 Å². The van der Waals surface area contributed by atoms with E-state index in [9.17, 15) is 24.3 Å². The highest BCUT2D eigenvalue weighted by Gasteiger charge is 2.62. The molecule has 2 aliphatic heterocycles. The van der Waals surface area contributed by atoms with Gasteiger partial charge >= 0.3 is 0 Å². The van der Waals surface area contributed by atoms with Crippen LogP contribution in [-0.4, -0.2) is 35.8 Å². The summed E-state index contributed by atoms with van der Waals surface area (Å²) in [6.07, 6.45) is 2.49. The van der Waals surface area contributed by atoms with Gasteiger partial charge in [0.25, 0.3) is 0 Å². The van der Waals surface area contributed by atoms with E-state index in [0.717, 1.165) is 28.3 Å². The molecule has 1 saturated carbocycles. The van der Waals surface area contributed by atoms with Gasteiger partial charge in [-0.1, -0.05) is 59.6 Å². The summed E-state index contributed by atoms with van der Waals surface area (Å²) in [7, 11) is 1.41. The number of methoxy groups -OCH3 is 1. The summed E-state index contributed by atoms with van der Waals surface area (Å²) in [5.74, 6) is -5.59. The Labute approximate surface area is 328 Å². The highest BCUT2D eigenvalue weighted by atomic mass is 35.5. The number of hydrogen-bond acceptors (Lipinski definition) is 8. The molecule has 2 heterocycles. The number of carbonyl (C=O) groups is 4. The van der Waals surface area contributed by atoms with Gasteiger partial charge in [0.15, 0.2) is 11.5 Å². The van der Waals surface area contributed by atoms with Crippen LogP contribution in [0.2, 0.25) is 5.02 Å². The van der Waals surface area contributed by atoms with Gasteiger partial charge < -0.3 is 20.5 Å². The Hall–Kier alpha value is -6.39. The molecule has 11 heteroatoms. The van der Waals surface area contributed by atoms with E-state index >= 15 is 0 Å². The van der Waals surface area contributed by atoms with Gasteiger partial charge in [-0.25, -0.2) is 0 Å². The van der Waals surface area contributed by atoms with Crippen LogP contribution in [-0.2, 0) is 19.2 Å². The first-order valence-electron chi connectivity index (χ1n) is 18.6. The number of allylic oxidation sites excluding steroid dienone is 2. The van der Waals surface area contributed by atoms with Gasteiger partial charge in [-0.2, -0.15) is 0 Å². The Morgan fingerprint density at radius 2 is 1.12 bits per heavy atom. The standard InChI is InChI=1S/C45H37ClN4O6/c1-56-37-23-25(22-36(46)41(37)51)38-32-20-21-33-39(44(54)49(42(33)52)30-16-12-28(13-17-30)47-26-8-4-2-5-9-26)34(32)24-35-40(38)45(55)50(43(35)53)31-18-14-29(15-19-31)48-27-10-6-3-7-11-27/h2-20,22-23,33-35,38-40,47-48,51H,21,24H2,1H3. The largest absolute Gasteiger partial charge is 0.503 e. The van der Waals surface area contributed by atoms with Gasteiger partial charge in [0.1, 0.15) is 0 Å². The smallest absolute Gasteiger partial charge is 0.238 e. The number of ether oxygens (including phenoxy) is 1. The lowest BCUT2D eigenvalue weighted by Crippen LogP contribution is -2.43. The fourth-order valence-electron chi connectivity index (χ4n) is 9.17. The van der Waals surface area contributed by atoms with Gasteiger partial charge in [0.05, 0.1) is 47.2 Å². The highest BCUT2D eigenvalue weighted by Crippen LogP contribution is 2.59. The molecular formula is C45H37ClN4O6. The zero-order valence-corrected chi connectivity index (χ0v) is 31.0. The molecular weight excluding hydrogens is 728 g/mol. The quantitative estimate of drug-likeness (QED) is 0.106. The van der Waals surface area contributed by atoms with Crippen LogP contribution in [0.25, 0.3) is 0 Å². The van der Waals surface area contributed by atoms with Crippen molar-refractivity contribution in [3.63, 3.8) is 0 Å². The molecule has 0 bridgehead atoms. The number of hydrogen-bond donors (Lipinski definition) is 3. The van der Waals surface area contributed by atoms with E-state index in [-0.39, 0.29) is 46.6 Å². The summed E-state index contributed by atoms with van der Waals surface area (Å²) < 4.78 is 5.47. The minimum atomic E-state index is -0.818. The van der Waals surface area contributed by atoms with Crippen molar-refractivity contribution < 1.29 is 29.0 Å². The van der Waals surface area contributed by atoms with Gasteiger partial charge in [-0.3, -0.25) is 29.0 Å². The zero-order valence-electron chi connectivity index (χ0n) is 30.3. The maximum Gasteiger partial charge on any atom is 0.238 e. The maximum atomic E-state index is 14.6. The van der Waals surface area contributed by atoms with Crippen LogP contribution in [0.5, 0.6) is 11.5 Å². The number of carbonyl (C=O) groups excluding carboxylic acids is 4. The third-order valence-electron chi connectivity index (χ3n) is 11.7. The molecule has 4 amide bonds. The number of phenols is 1. The third-order valence-corrected chi connectivity index (χ3v) is 11.9. The zero-order chi connectivity index (χ0) is 38.7. The molecule has 6 atom stereocenters. The number of amides is 4. The van der Waals surface area contributed by atoms with E-state index in [2.05, 4.69) is 10.6 Å². The number of nitrogens with zero attached hydrogens (tertiary/aromatic N) is 2. The fourth-order valence-corrected chi connectivity index (χ4v) is 9.38. The van der Waals surface area contributed by atoms with Crippen LogP contribution >= 0.6 is 11.6 Å². The number of fused-ring (bicyclic) bond motifs is 4. The molecule has 56 heavy (non-hydrogen) atoms. The van der Waals surface area contributed by atoms with Crippen molar-refractivity contribution in [1.82, 2.24) is 0 Å². The SMILES string of the molecule is COc1cc(C2C3=CCC4C(=O)N(c5ccc(Nc6ccccc6)cc5)C(=O)C4C3CC3C(=O)N(c4ccc(Nc5ccccc5)cc4)C(=O)C32)cc(Cl)c1O. The average Bonchev–Trinajstić information content (AvgIpc) is 3.63. The Bertz CT molecular complexity index is 2400. The molecule has 0 spiro atoms. The number of halogens is 1. The highest BCUT2D eigenvalue weighted by molar-refractivity contribution is 6.32. The fraction of sp³-hybridized carbons (Fsp3) is 0.200. The number of aromatic hydroxyl groups is 1. The Kier molecular flexibility index (Phi) is 8.85. The summed E-state index contributed by atoms with van der Waals surface area (Å²) in [6, 6.07) is 36.9. The van der Waals surface area contributed by atoms with Crippen molar-refractivity contribution >= 4 is 69.4 Å². The lowest BCUT2D eigenvalue weighted by molar-refractivity contribution is -0.126. The molecule has 280 valence electrons. The number of benzene rings is 5. The van der Waals surface area contributed by atoms with Crippen LogP contribution in [0.15, 0.2) is 133 Å². The van der Waals surface area contributed by atoms with E-state index in [4.69, 9.17) is 16.3 Å². The molecule has 3 N–H and O–H groups in total. The molecule has 0 radical (unpaired) electrons. The monoisotopic (exact) mass is 764 g/mol. The van der Waals surface area contributed by atoms with Crippen LogP contribution in [0.1, 0.15) is 24.3 Å². The van der Waals surface area contributed by atoms with Crippen molar-refractivity contribution in [2.75, 3.05) is 27.5 Å². The van der Waals surface area contributed by atoms with Crippen molar-refractivity contribution in [2.45, 2.75) is 18.8 Å². The first-order valence-corrected chi connectivity index (χ1v) is 19.0. The van der Waals surface area contributed by atoms with Crippen LogP contribution in [0.3, 0.4) is 0 Å². The Morgan fingerprint density at radius 1 is 0.625 bits per heavy atom. The molecule has 4 aliphatic rings. The average molecular weight is 765 g/mol. The van der Waals surface area contributed by atoms with Gasteiger partial charge in [-0.15, -0.1) is 0 Å². The van der Waals surface area contributed by atoms with Crippen LogP contribution < -0.4 is 25.2 Å². The number of anilines is 6. The van der Waals surface area contributed by atoms with Gasteiger partial charge in [0.2, 0.25) is 23.6 Å². The maximum absolute atomic E-state index is 14.6. The van der Waals surface area contributed by atoms with Crippen molar-refractivity contribution in [1.29, 1.82) is 0 Å². The number of phenolic OH excluding ortho intramolecular Hbond substituents is 1. The van der Waals surface area contributed by atoms with E-state index in [0.29, 0.717) is 23.4 Å². The van der Waals surface area contributed by atoms with Crippen LogP contribution in [0.4, 0.5) is 34.1 Å². The van der Waals surface area contributed by atoms with Crippen LogP contribution in [0, 0.1) is 29.6 Å². The summed E-state index contributed by atoms with van der Waals surface area (Å²) in [4.78, 5) is 60.3. The minimum Gasteiger partial charge on any atom is -0.503 e. The summed E-state index contributed by atoms with van der Waals surface area (Å²) >= 11 is 6.54. The minimum absolute atomic E-state index is 0.0333. The first-order chi connectivity index (χ1) is 27.2. The lowest BCUT2D eigenvalue weighted by Gasteiger charge is -2.44. The number of nitrogens with one attached hydrogen (secondary N) is 2. The Balaban J connectivity index is 1.06. The molecule has 2 aliphatic carbocycles. The first kappa shape index (κ1) is 35.3. The summed E-state index contributed by atoms with van der Waals surface area (Å²) in [5.41, 5.74) is 5.70.